The number of fused-ring (bicyclic) bond motifs is 1. The fourth-order valence-corrected chi connectivity index (χ4v) is 3.31. The number of rotatable bonds is 4. The average Bonchev–Trinajstić information content (AvgIpc) is 3.03. The molecule has 2 aromatic heterocycles. The Morgan fingerprint density at radius 2 is 2.15 bits per heavy atom. The highest BCUT2D eigenvalue weighted by Crippen LogP contribution is 2.32. The first kappa shape index (κ1) is 13.5. The van der Waals surface area contributed by atoms with Crippen LogP contribution >= 0.6 is 11.3 Å². The lowest BCUT2D eigenvalue weighted by molar-refractivity contribution is 0.687. The molecule has 0 aliphatic heterocycles. The van der Waals surface area contributed by atoms with Gasteiger partial charge in [0.1, 0.15) is 0 Å². The van der Waals surface area contributed by atoms with Crippen LogP contribution in [0, 0.1) is 12.8 Å². The van der Waals surface area contributed by atoms with Crippen molar-refractivity contribution in [2.45, 2.75) is 40.0 Å². The summed E-state index contributed by atoms with van der Waals surface area (Å²) in [6.07, 6.45) is 3.49. The van der Waals surface area contributed by atoms with Gasteiger partial charge in [-0.1, -0.05) is 25.2 Å². The maximum absolute atomic E-state index is 4.73. The summed E-state index contributed by atoms with van der Waals surface area (Å²) in [5.41, 5.74) is 4.87. The van der Waals surface area contributed by atoms with Gasteiger partial charge >= 0.3 is 0 Å². The van der Waals surface area contributed by atoms with E-state index in [2.05, 4.69) is 42.4 Å². The molecule has 0 aromatic carbocycles. The minimum Gasteiger partial charge on any atom is -0.360 e. The van der Waals surface area contributed by atoms with Gasteiger partial charge in [0.15, 0.2) is 5.01 Å². The van der Waals surface area contributed by atoms with Crippen molar-refractivity contribution in [2.75, 3.05) is 11.9 Å². The Morgan fingerprint density at radius 1 is 1.30 bits per heavy atom. The van der Waals surface area contributed by atoms with Crippen LogP contribution in [0.15, 0.2) is 6.07 Å². The van der Waals surface area contributed by atoms with Gasteiger partial charge in [0, 0.05) is 23.5 Å². The topological polar surface area (TPSA) is 50.7 Å². The number of nitrogens with zero attached hydrogens (tertiary/aromatic N) is 3. The monoisotopic (exact) mass is 288 g/mol. The summed E-state index contributed by atoms with van der Waals surface area (Å²) in [4.78, 5) is 4.73. The van der Waals surface area contributed by atoms with Crippen molar-refractivity contribution in [1.29, 1.82) is 0 Å². The Bertz CT molecular complexity index is 618. The molecular weight excluding hydrogens is 268 g/mol. The quantitative estimate of drug-likeness (QED) is 0.936. The fourth-order valence-electron chi connectivity index (χ4n) is 2.49. The van der Waals surface area contributed by atoms with Gasteiger partial charge in [-0.05, 0) is 43.7 Å². The number of aryl methyl sites for hydroxylation is 3. The van der Waals surface area contributed by atoms with Gasteiger partial charge in [0.2, 0.25) is 5.13 Å². The van der Waals surface area contributed by atoms with Gasteiger partial charge in [0.25, 0.3) is 0 Å². The zero-order valence-corrected chi connectivity index (χ0v) is 13.0. The van der Waals surface area contributed by atoms with E-state index in [1.807, 2.05) is 0 Å². The van der Waals surface area contributed by atoms with Crippen LogP contribution in [0.1, 0.15) is 37.2 Å². The van der Waals surface area contributed by atoms with Crippen molar-refractivity contribution in [3.63, 3.8) is 0 Å². The van der Waals surface area contributed by atoms with Crippen LogP contribution in [0.25, 0.3) is 10.6 Å². The SMILES string of the molecule is Cc1nc2c(cc1-c1nnc(NCC(C)C)s1)CCC2. The van der Waals surface area contributed by atoms with Crippen molar-refractivity contribution < 1.29 is 0 Å². The van der Waals surface area contributed by atoms with Crippen LogP contribution in [-0.2, 0) is 12.8 Å². The number of hydrogen-bond acceptors (Lipinski definition) is 5. The summed E-state index contributed by atoms with van der Waals surface area (Å²) in [7, 11) is 0. The molecule has 1 aliphatic rings. The van der Waals surface area contributed by atoms with E-state index in [0.717, 1.165) is 40.8 Å². The van der Waals surface area contributed by atoms with Crippen LogP contribution < -0.4 is 5.32 Å². The molecule has 0 bridgehead atoms. The van der Waals surface area contributed by atoms with Gasteiger partial charge in [-0.25, -0.2) is 0 Å². The molecule has 1 aliphatic carbocycles. The van der Waals surface area contributed by atoms with Crippen LogP contribution in [0.5, 0.6) is 0 Å². The molecule has 2 aromatic rings. The Labute approximate surface area is 123 Å². The van der Waals surface area contributed by atoms with Gasteiger partial charge in [-0.3, -0.25) is 4.98 Å². The summed E-state index contributed by atoms with van der Waals surface area (Å²) in [5.74, 6) is 0.603. The Hall–Kier alpha value is -1.49. The number of nitrogens with one attached hydrogen (secondary N) is 1. The molecule has 0 spiro atoms. The van der Waals surface area contributed by atoms with Gasteiger partial charge in [0.05, 0.1) is 0 Å². The van der Waals surface area contributed by atoms with E-state index in [4.69, 9.17) is 4.98 Å². The molecule has 0 saturated heterocycles. The van der Waals surface area contributed by atoms with E-state index >= 15 is 0 Å². The summed E-state index contributed by atoms with van der Waals surface area (Å²) >= 11 is 1.61. The van der Waals surface area contributed by atoms with Crippen LogP contribution in [0.4, 0.5) is 5.13 Å². The average molecular weight is 288 g/mol. The van der Waals surface area contributed by atoms with Gasteiger partial charge in [-0.15, -0.1) is 10.2 Å². The summed E-state index contributed by atoms with van der Waals surface area (Å²) in [6, 6.07) is 2.26. The molecule has 1 N–H and O–H groups in total. The van der Waals surface area contributed by atoms with E-state index in [-0.39, 0.29) is 0 Å². The summed E-state index contributed by atoms with van der Waals surface area (Å²) < 4.78 is 0. The van der Waals surface area contributed by atoms with Crippen LogP contribution in [-0.4, -0.2) is 21.7 Å². The Morgan fingerprint density at radius 3 is 2.95 bits per heavy atom. The van der Waals surface area contributed by atoms with Crippen molar-refractivity contribution in [1.82, 2.24) is 15.2 Å². The molecule has 0 atom stereocenters. The highest BCUT2D eigenvalue weighted by atomic mass is 32.1. The normalized spacial score (nSPS) is 13.8. The van der Waals surface area contributed by atoms with E-state index < -0.39 is 0 Å². The second kappa shape index (κ2) is 5.48. The minimum absolute atomic E-state index is 0.603. The first-order chi connectivity index (χ1) is 9.63. The van der Waals surface area contributed by atoms with Crippen molar-refractivity contribution >= 4 is 16.5 Å². The molecule has 5 heteroatoms. The Kier molecular flexibility index (Phi) is 3.70. The number of hydrogen-bond donors (Lipinski definition) is 1. The third kappa shape index (κ3) is 2.68. The molecule has 0 amide bonds. The van der Waals surface area contributed by atoms with E-state index in [1.54, 1.807) is 11.3 Å². The van der Waals surface area contributed by atoms with Crippen LogP contribution in [0.3, 0.4) is 0 Å². The summed E-state index contributed by atoms with van der Waals surface area (Å²) in [6.45, 7) is 7.36. The highest BCUT2D eigenvalue weighted by molar-refractivity contribution is 7.18. The first-order valence-corrected chi connectivity index (χ1v) is 8.02. The van der Waals surface area contributed by atoms with E-state index in [9.17, 15) is 0 Å². The molecule has 106 valence electrons. The molecule has 0 fully saturated rings. The zero-order valence-electron chi connectivity index (χ0n) is 12.2. The molecule has 0 unspecified atom stereocenters. The third-order valence-corrected chi connectivity index (χ3v) is 4.47. The molecule has 0 radical (unpaired) electrons. The van der Waals surface area contributed by atoms with Crippen molar-refractivity contribution in [3.05, 3.63) is 23.0 Å². The zero-order chi connectivity index (χ0) is 14.1. The van der Waals surface area contributed by atoms with E-state index in [1.165, 1.54) is 17.7 Å². The first-order valence-electron chi connectivity index (χ1n) is 7.20. The molecule has 3 rings (SSSR count). The maximum Gasteiger partial charge on any atom is 0.206 e. The lowest BCUT2D eigenvalue weighted by Gasteiger charge is -2.05. The van der Waals surface area contributed by atoms with Gasteiger partial charge in [-0.2, -0.15) is 0 Å². The van der Waals surface area contributed by atoms with Crippen LogP contribution in [0.2, 0.25) is 0 Å². The molecule has 0 saturated carbocycles. The fraction of sp³-hybridized carbons (Fsp3) is 0.533. The lowest BCUT2D eigenvalue weighted by Crippen LogP contribution is -2.07. The molecular formula is C15H20N4S. The number of pyridine rings is 1. The predicted molar refractivity (Wildman–Crippen MR) is 83.2 cm³/mol. The van der Waals surface area contributed by atoms with E-state index in [0.29, 0.717) is 5.92 Å². The second-order valence-corrected chi connectivity index (χ2v) is 6.75. The Balaban J connectivity index is 1.86. The van der Waals surface area contributed by atoms with Crippen molar-refractivity contribution in [3.8, 4) is 10.6 Å². The molecule has 4 nitrogen and oxygen atoms in total. The predicted octanol–water partition coefficient (Wildman–Crippen LogP) is 3.47. The standard InChI is InChI=1S/C15H20N4S/c1-9(2)8-16-15-19-18-14(20-15)12-7-11-5-4-6-13(11)17-10(12)3/h7,9H,4-6,8H2,1-3H3,(H,16,19). The maximum atomic E-state index is 4.73. The lowest BCUT2D eigenvalue weighted by atomic mass is 10.1. The number of aromatic nitrogens is 3. The third-order valence-electron chi connectivity index (χ3n) is 3.56. The number of anilines is 1. The molecule has 2 heterocycles. The van der Waals surface area contributed by atoms with Crippen molar-refractivity contribution in [2.24, 2.45) is 5.92 Å². The summed E-state index contributed by atoms with van der Waals surface area (Å²) in [5, 5.41) is 13.7. The minimum atomic E-state index is 0.603. The van der Waals surface area contributed by atoms with Gasteiger partial charge < -0.3 is 5.32 Å². The molecule has 20 heavy (non-hydrogen) atoms. The second-order valence-electron chi connectivity index (χ2n) is 5.77. The highest BCUT2D eigenvalue weighted by Gasteiger charge is 2.17. The smallest absolute Gasteiger partial charge is 0.206 e. The largest absolute Gasteiger partial charge is 0.360 e.